The van der Waals surface area contributed by atoms with Crippen LogP contribution in [0.4, 0.5) is 0 Å². The smallest absolute Gasteiger partial charge is 0.143 e. The van der Waals surface area contributed by atoms with Crippen LogP contribution in [-0.4, -0.2) is 0 Å². The average Bonchev–Trinajstić information content (AvgIpc) is 3.47. The predicted molar refractivity (Wildman–Crippen MR) is 175 cm³/mol. The maximum absolute atomic E-state index is 6.75. The second kappa shape index (κ2) is 9.20. The number of benzene rings is 7. The Labute approximate surface area is 249 Å². The Bertz CT molecular complexity index is 2270. The van der Waals surface area contributed by atoms with Gasteiger partial charge in [0.15, 0.2) is 0 Å². The number of hydrogen-bond donors (Lipinski definition) is 0. The number of fused-ring (bicyclic) bond motifs is 7. The van der Waals surface area contributed by atoms with Gasteiger partial charge in [0, 0.05) is 27.3 Å². The Morgan fingerprint density at radius 2 is 1.16 bits per heavy atom. The van der Waals surface area contributed by atoms with Gasteiger partial charge in [0.1, 0.15) is 22.7 Å². The Balaban J connectivity index is 1.32. The number of furan rings is 1. The lowest BCUT2D eigenvalue weighted by molar-refractivity contribution is 0.435. The molecule has 9 rings (SSSR count). The molecule has 2 heterocycles. The lowest BCUT2D eigenvalue weighted by Gasteiger charge is -2.41. The van der Waals surface area contributed by atoms with E-state index in [4.69, 9.17) is 9.15 Å². The fourth-order valence-corrected chi connectivity index (χ4v) is 7.17. The summed E-state index contributed by atoms with van der Waals surface area (Å²) in [7, 11) is 0. The van der Waals surface area contributed by atoms with Crippen LogP contribution in [-0.2, 0) is 5.41 Å². The SMILES string of the molecule is c1ccc(C2(c3ccccc3)c3ccccc3Oc3cc(-c4cccc5oc6c7ccccc7ccc6c45)ccc32)cc1. The third-order valence-electron chi connectivity index (χ3n) is 9.01. The van der Waals surface area contributed by atoms with Gasteiger partial charge in [0.25, 0.3) is 0 Å². The van der Waals surface area contributed by atoms with Crippen molar-refractivity contribution in [3.05, 3.63) is 180 Å². The van der Waals surface area contributed by atoms with Crippen molar-refractivity contribution in [2.75, 3.05) is 0 Å². The summed E-state index contributed by atoms with van der Waals surface area (Å²) in [5.74, 6) is 1.73. The molecule has 7 aromatic carbocycles. The summed E-state index contributed by atoms with van der Waals surface area (Å²) in [5, 5.41) is 4.55. The third-order valence-corrected chi connectivity index (χ3v) is 9.01. The predicted octanol–water partition coefficient (Wildman–Crippen LogP) is 10.9. The summed E-state index contributed by atoms with van der Waals surface area (Å²) >= 11 is 0. The highest BCUT2D eigenvalue weighted by atomic mass is 16.5. The van der Waals surface area contributed by atoms with Crippen LogP contribution in [0.1, 0.15) is 22.3 Å². The maximum atomic E-state index is 6.75. The normalized spacial score (nSPS) is 13.5. The molecule has 202 valence electrons. The molecule has 0 unspecified atom stereocenters. The topological polar surface area (TPSA) is 22.4 Å². The van der Waals surface area contributed by atoms with E-state index in [-0.39, 0.29) is 0 Å². The van der Waals surface area contributed by atoms with Crippen molar-refractivity contribution >= 4 is 32.7 Å². The Kier molecular flexibility index (Phi) is 5.15. The van der Waals surface area contributed by atoms with Crippen molar-refractivity contribution in [1.29, 1.82) is 0 Å². The molecule has 0 atom stereocenters. The molecule has 1 aliphatic rings. The van der Waals surface area contributed by atoms with E-state index in [0.29, 0.717) is 0 Å². The monoisotopic (exact) mass is 550 g/mol. The van der Waals surface area contributed by atoms with Crippen LogP contribution in [0.3, 0.4) is 0 Å². The molecular formula is C41H26O2. The summed E-state index contributed by atoms with van der Waals surface area (Å²) in [6.45, 7) is 0. The van der Waals surface area contributed by atoms with E-state index < -0.39 is 5.41 Å². The zero-order chi connectivity index (χ0) is 28.4. The molecule has 0 radical (unpaired) electrons. The first-order valence-electron chi connectivity index (χ1n) is 14.7. The number of rotatable bonds is 3. The van der Waals surface area contributed by atoms with E-state index in [2.05, 4.69) is 158 Å². The average molecular weight is 551 g/mol. The standard InChI is InChI=1S/C41H26O2/c1-3-13-29(14-4-1)41(30-15-5-2-6-16-30)34-19-9-10-20-36(34)42-38-26-28(23-25-35(38)41)31-18-11-21-37-39(31)33-24-22-27-12-7-8-17-32(27)40(33)43-37/h1-26H. The van der Waals surface area contributed by atoms with Gasteiger partial charge in [-0.2, -0.15) is 0 Å². The molecule has 1 aliphatic heterocycles. The first-order chi connectivity index (χ1) is 21.3. The highest BCUT2D eigenvalue weighted by molar-refractivity contribution is 6.19. The molecule has 0 bridgehead atoms. The fraction of sp³-hybridized carbons (Fsp3) is 0.0244. The van der Waals surface area contributed by atoms with Crippen molar-refractivity contribution in [2.24, 2.45) is 0 Å². The van der Waals surface area contributed by atoms with Crippen molar-refractivity contribution in [3.63, 3.8) is 0 Å². The van der Waals surface area contributed by atoms with Crippen molar-refractivity contribution in [2.45, 2.75) is 5.41 Å². The summed E-state index contributed by atoms with van der Waals surface area (Å²) in [4.78, 5) is 0. The number of para-hydroxylation sites is 1. The molecule has 1 aromatic heterocycles. The van der Waals surface area contributed by atoms with E-state index in [1.807, 2.05) is 0 Å². The van der Waals surface area contributed by atoms with E-state index in [0.717, 1.165) is 61.1 Å². The molecule has 0 saturated heterocycles. The lowest BCUT2D eigenvalue weighted by atomic mass is 9.63. The summed E-state index contributed by atoms with van der Waals surface area (Å²) < 4.78 is 13.3. The largest absolute Gasteiger partial charge is 0.457 e. The molecule has 2 heteroatoms. The van der Waals surface area contributed by atoms with E-state index in [1.165, 1.54) is 16.5 Å². The molecule has 0 amide bonds. The number of hydrogen-bond acceptors (Lipinski definition) is 2. The minimum atomic E-state index is -0.529. The van der Waals surface area contributed by atoms with Gasteiger partial charge in [0.05, 0.1) is 5.41 Å². The molecule has 0 N–H and O–H groups in total. The molecule has 0 spiro atoms. The molecule has 8 aromatic rings. The van der Waals surface area contributed by atoms with Gasteiger partial charge in [-0.1, -0.05) is 133 Å². The minimum absolute atomic E-state index is 0.529. The van der Waals surface area contributed by atoms with Crippen molar-refractivity contribution in [1.82, 2.24) is 0 Å². The van der Waals surface area contributed by atoms with Crippen LogP contribution < -0.4 is 4.74 Å². The minimum Gasteiger partial charge on any atom is -0.457 e. The van der Waals surface area contributed by atoms with Crippen LogP contribution >= 0.6 is 0 Å². The van der Waals surface area contributed by atoms with Gasteiger partial charge in [-0.25, -0.2) is 0 Å². The van der Waals surface area contributed by atoms with Gasteiger partial charge >= 0.3 is 0 Å². The third kappa shape index (κ3) is 3.41. The van der Waals surface area contributed by atoms with Crippen LogP contribution in [0.15, 0.2) is 162 Å². The van der Waals surface area contributed by atoms with E-state index >= 15 is 0 Å². The van der Waals surface area contributed by atoms with Gasteiger partial charge in [-0.3, -0.25) is 0 Å². The number of ether oxygens (including phenoxy) is 1. The summed E-state index contributed by atoms with van der Waals surface area (Å²) in [6, 6.07) is 55.9. The van der Waals surface area contributed by atoms with Gasteiger partial charge < -0.3 is 9.15 Å². The zero-order valence-corrected chi connectivity index (χ0v) is 23.3. The van der Waals surface area contributed by atoms with Crippen LogP contribution in [0.25, 0.3) is 43.8 Å². The van der Waals surface area contributed by atoms with Crippen LogP contribution in [0.2, 0.25) is 0 Å². The summed E-state index contributed by atoms with van der Waals surface area (Å²) in [6.07, 6.45) is 0. The second-order valence-corrected chi connectivity index (χ2v) is 11.2. The molecule has 43 heavy (non-hydrogen) atoms. The highest BCUT2D eigenvalue weighted by Crippen LogP contribution is 2.56. The van der Waals surface area contributed by atoms with Crippen molar-refractivity contribution < 1.29 is 9.15 Å². The van der Waals surface area contributed by atoms with Crippen molar-refractivity contribution in [3.8, 4) is 22.6 Å². The zero-order valence-electron chi connectivity index (χ0n) is 23.3. The Morgan fingerprint density at radius 3 is 1.98 bits per heavy atom. The molecule has 0 aliphatic carbocycles. The molecule has 2 nitrogen and oxygen atoms in total. The highest BCUT2D eigenvalue weighted by Gasteiger charge is 2.45. The second-order valence-electron chi connectivity index (χ2n) is 11.2. The Morgan fingerprint density at radius 1 is 0.465 bits per heavy atom. The van der Waals surface area contributed by atoms with Crippen LogP contribution in [0.5, 0.6) is 11.5 Å². The summed E-state index contributed by atoms with van der Waals surface area (Å²) in [5.41, 5.74) is 8.19. The molecule has 0 saturated carbocycles. The van der Waals surface area contributed by atoms with Crippen LogP contribution in [0, 0.1) is 0 Å². The maximum Gasteiger partial charge on any atom is 0.143 e. The van der Waals surface area contributed by atoms with E-state index in [9.17, 15) is 0 Å². The quantitative estimate of drug-likeness (QED) is 0.218. The molecule has 0 fully saturated rings. The van der Waals surface area contributed by atoms with Gasteiger partial charge in [-0.05, 0) is 51.9 Å². The van der Waals surface area contributed by atoms with Gasteiger partial charge in [-0.15, -0.1) is 0 Å². The van der Waals surface area contributed by atoms with E-state index in [1.54, 1.807) is 0 Å². The first kappa shape index (κ1) is 24.0. The molecular weight excluding hydrogens is 524 g/mol. The lowest BCUT2D eigenvalue weighted by Crippen LogP contribution is -2.34. The fourth-order valence-electron chi connectivity index (χ4n) is 7.17. The first-order valence-corrected chi connectivity index (χ1v) is 14.7. The van der Waals surface area contributed by atoms with Gasteiger partial charge in [0.2, 0.25) is 0 Å². The Hall–Kier alpha value is -5.60.